The van der Waals surface area contributed by atoms with Gasteiger partial charge in [0.2, 0.25) is 5.91 Å². The van der Waals surface area contributed by atoms with Gasteiger partial charge in [0.1, 0.15) is 5.82 Å². The molecule has 2 fully saturated rings. The van der Waals surface area contributed by atoms with Crippen molar-refractivity contribution in [3.63, 3.8) is 0 Å². The number of aromatic nitrogens is 1. The molecule has 1 saturated heterocycles. The van der Waals surface area contributed by atoms with Crippen molar-refractivity contribution in [3.05, 3.63) is 46.2 Å². The number of carbonyl (C=O) groups is 1. The van der Waals surface area contributed by atoms with E-state index in [1.54, 1.807) is 12.1 Å². The second kappa shape index (κ2) is 7.66. The van der Waals surface area contributed by atoms with E-state index < -0.39 is 5.41 Å². The molecule has 7 heteroatoms. The van der Waals surface area contributed by atoms with E-state index in [0.29, 0.717) is 50.1 Å². The van der Waals surface area contributed by atoms with E-state index in [-0.39, 0.29) is 11.7 Å². The van der Waals surface area contributed by atoms with E-state index in [1.807, 2.05) is 0 Å². The van der Waals surface area contributed by atoms with Crippen LogP contribution in [0.4, 0.5) is 9.52 Å². The third-order valence-corrected chi connectivity index (χ3v) is 6.50. The molecular weight excluding hydrogens is 365 g/mol. The predicted octanol–water partition coefficient (Wildman–Crippen LogP) is 3.44. The van der Waals surface area contributed by atoms with Gasteiger partial charge in [0.05, 0.1) is 11.1 Å². The van der Waals surface area contributed by atoms with Crippen molar-refractivity contribution in [2.45, 2.75) is 38.0 Å². The van der Waals surface area contributed by atoms with Crippen LogP contribution in [0.15, 0.2) is 24.3 Å². The number of hydrogen-bond acceptors (Lipinski definition) is 5. The second-order valence-corrected chi connectivity index (χ2v) is 8.54. The Labute approximate surface area is 162 Å². The lowest BCUT2D eigenvalue weighted by molar-refractivity contribution is -0.130. The number of anilines is 1. The average Bonchev–Trinajstić information content (AvgIpc) is 3.46. The van der Waals surface area contributed by atoms with E-state index in [2.05, 4.69) is 5.32 Å². The quantitative estimate of drug-likeness (QED) is 0.793. The molecule has 2 aromatic rings. The maximum absolute atomic E-state index is 13.2. The normalized spacial score (nSPS) is 19.0. The molecule has 0 bridgehead atoms. The molecule has 0 spiro atoms. The number of carbonyl (C=O) groups excluding carboxylic acids is 1. The predicted molar refractivity (Wildman–Crippen MR) is 103 cm³/mol. The van der Waals surface area contributed by atoms with E-state index in [1.165, 1.54) is 23.5 Å². The molecule has 0 unspecified atom stereocenters. The van der Waals surface area contributed by atoms with Gasteiger partial charge >= 0.3 is 0 Å². The molecule has 0 atom stereocenters. The molecule has 1 aliphatic heterocycles. The van der Waals surface area contributed by atoms with Gasteiger partial charge in [-0.3, -0.25) is 4.79 Å². The number of thiazole rings is 1. The van der Waals surface area contributed by atoms with Gasteiger partial charge in [-0.05, 0) is 43.4 Å². The maximum Gasteiger partial charge on any atom is 0.233 e. The summed E-state index contributed by atoms with van der Waals surface area (Å²) in [6.07, 6.45) is 4.25. The summed E-state index contributed by atoms with van der Waals surface area (Å²) in [6.45, 7) is 1.43. The molecule has 1 amide bonds. The minimum atomic E-state index is -0.569. The highest BCUT2D eigenvalue weighted by Gasteiger charge is 2.39. The van der Waals surface area contributed by atoms with Gasteiger partial charge in [-0.15, -0.1) is 11.3 Å². The Hall–Kier alpha value is -1.83. The van der Waals surface area contributed by atoms with E-state index in [4.69, 9.17) is 15.5 Å². The Morgan fingerprint density at radius 3 is 2.63 bits per heavy atom. The molecule has 3 N–H and O–H groups in total. The van der Waals surface area contributed by atoms with Gasteiger partial charge in [0, 0.05) is 37.0 Å². The Morgan fingerprint density at radius 1 is 1.30 bits per heavy atom. The van der Waals surface area contributed by atoms with Crippen molar-refractivity contribution in [3.8, 4) is 0 Å². The molecule has 1 aliphatic carbocycles. The van der Waals surface area contributed by atoms with Crippen LogP contribution in [0.5, 0.6) is 0 Å². The van der Waals surface area contributed by atoms with Gasteiger partial charge in [0.15, 0.2) is 5.13 Å². The fraction of sp³-hybridized carbons (Fsp3) is 0.500. The average molecular weight is 389 g/mol. The van der Waals surface area contributed by atoms with Gasteiger partial charge in [0.25, 0.3) is 0 Å². The monoisotopic (exact) mass is 389 g/mol. The fourth-order valence-corrected chi connectivity index (χ4v) is 4.60. The van der Waals surface area contributed by atoms with E-state index in [9.17, 15) is 9.18 Å². The lowest BCUT2D eigenvalue weighted by Crippen LogP contribution is -2.46. The number of amides is 1. The zero-order chi connectivity index (χ0) is 18.9. The summed E-state index contributed by atoms with van der Waals surface area (Å²) in [5.74, 6) is 0.189. The molecule has 2 aliphatic rings. The zero-order valence-corrected chi connectivity index (χ0v) is 16.0. The molecule has 1 aromatic carbocycles. The summed E-state index contributed by atoms with van der Waals surface area (Å²) >= 11 is 1.52. The van der Waals surface area contributed by atoms with Crippen molar-refractivity contribution >= 4 is 22.4 Å². The molecule has 2 heterocycles. The van der Waals surface area contributed by atoms with Crippen LogP contribution in [0.1, 0.15) is 47.7 Å². The number of ether oxygens (including phenoxy) is 1. The van der Waals surface area contributed by atoms with Crippen molar-refractivity contribution < 1.29 is 13.9 Å². The number of nitrogens with zero attached hydrogens (tertiary/aromatic N) is 1. The topological polar surface area (TPSA) is 77.2 Å². The summed E-state index contributed by atoms with van der Waals surface area (Å²) in [6, 6.07) is 6.56. The van der Waals surface area contributed by atoms with Crippen LogP contribution in [-0.2, 0) is 16.0 Å². The standard InChI is InChI=1S/C20H24FN3O2S/c21-15-5-1-13(2-6-15)11-16-17(14-3-4-14)23-19(27-16)24-18(25)20(12-22)7-9-26-10-8-20/h1-2,5-6,14H,3-4,7-12,22H2,(H,23,24,25). The second-order valence-electron chi connectivity index (χ2n) is 7.46. The SMILES string of the molecule is NCC1(C(=O)Nc2nc(C3CC3)c(Cc3ccc(F)cc3)s2)CCOCC1. The Kier molecular flexibility index (Phi) is 5.25. The van der Waals surface area contributed by atoms with Gasteiger partial charge < -0.3 is 15.8 Å². The third kappa shape index (κ3) is 4.05. The summed E-state index contributed by atoms with van der Waals surface area (Å²) < 4.78 is 18.6. The minimum absolute atomic E-state index is 0.0577. The van der Waals surface area contributed by atoms with Crippen molar-refractivity contribution in [2.75, 3.05) is 25.1 Å². The lowest BCUT2D eigenvalue weighted by atomic mass is 9.79. The van der Waals surface area contributed by atoms with Crippen molar-refractivity contribution in [1.29, 1.82) is 0 Å². The van der Waals surface area contributed by atoms with Gasteiger partial charge in [-0.2, -0.15) is 0 Å². The first kappa shape index (κ1) is 18.5. The summed E-state index contributed by atoms with van der Waals surface area (Å²) in [5.41, 5.74) is 7.49. The fourth-order valence-electron chi connectivity index (χ4n) is 3.52. The molecule has 144 valence electrons. The van der Waals surface area contributed by atoms with Crippen LogP contribution >= 0.6 is 11.3 Å². The van der Waals surface area contributed by atoms with Crippen LogP contribution < -0.4 is 11.1 Å². The molecule has 5 nitrogen and oxygen atoms in total. The highest BCUT2D eigenvalue weighted by Crippen LogP contribution is 2.44. The molecule has 1 aromatic heterocycles. The first-order valence-electron chi connectivity index (χ1n) is 9.43. The molecular formula is C20H24FN3O2S. The number of hydrogen-bond donors (Lipinski definition) is 2. The lowest BCUT2D eigenvalue weighted by Gasteiger charge is -2.34. The van der Waals surface area contributed by atoms with Crippen LogP contribution in [0.3, 0.4) is 0 Å². The van der Waals surface area contributed by atoms with E-state index in [0.717, 1.165) is 29.0 Å². The Bertz CT molecular complexity index is 811. The van der Waals surface area contributed by atoms with Crippen molar-refractivity contribution in [2.24, 2.45) is 11.1 Å². The molecule has 0 radical (unpaired) electrons. The van der Waals surface area contributed by atoms with Crippen LogP contribution in [0.2, 0.25) is 0 Å². The first-order valence-corrected chi connectivity index (χ1v) is 10.2. The number of rotatable bonds is 6. The van der Waals surface area contributed by atoms with Gasteiger partial charge in [-0.25, -0.2) is 9.37 Å². The molecule has 1 saturated carbocycles. The van der Waals surface area contributed by atoms with Crippen molar-refractivity contribution in [1.82, 2.24) is 4.98 Å². The summed E-state index contributed by atoms with van der Waals surface area (Å²) in [4.78, 5) is 18.8. The van der Waals surface area contributed by atoms with Crippen LogP contribution in [0.25, 0.3) is 0 Å². The Balaban J connectivity index is 1.53. The first-order chi connectivity index (χ1) is 13.1. The Morgan fingerprint density at radius 2 is 2.00 bits per heavy atom. The third-order valence-electron chi connectivity index (χ3n) is 5.51. The largest absolute Gasteiger partial charge is 0.381 e. The number of benzene rings is 1. The minimum Gasteiger partial charge on any atom is -0.381 e. The highest BCUT2D eigenvalue weighted by atomic mass is 32.1. The molecule has 4 rings (SSSR count). The van der Waals surface area contributed by atoms with Gasteiger partial charge in [-0.1, -0.05) is 12.1 Å². The van der Waals surface area contributed by atoms with Crippen LogP contribution in [0, 0.1) is 11.2 Å². The molecule has 27 heavy (non-hydrogen) atoms. The number of halogens is 1. The van der Waals surface area contributed by atoms with Crippen LogP contribution in [-0.4, -0.2) is 30.6 Å². The zero-order valence-electron chi connectivity index (χ0n) is 15.2. The summed E-state index contributed by atoms with van der Waals surface area (Å²) in [7, 11) is 0. The smallest absolute Gasteiger partial charge is 0.233 e. The number of nitrogens with one attached hydrogen (secondary N) is 1. The highest BCUT2D eigenvalue weighted by molar-refractivity contribution is 7.15. The summed E-state index contributed by atoms with van der Waals surface area (Å²) in [5, 5.41) is 3.65. The van der Waals surface area contributed by atoms with E-state index >= 15 is 0 Å². The number of nitrogens with two attached hydrogens (primary N) is 1. The maximum atomic E-state index is 13.2.